The molecule has 0 spiro atoms. The molecule has 6 atom stereocenters. The number of ether oxygens (including phenoxy) is 6. The zero-order valence-corrected chi connectivity index (χ0v) is 90.3. The summed E-state index contributed by atoms with van der Waals surface area (Å²) in [6.45, 7) is 20.5. The highest BCUT2D eigenvalue weighted by molar-refractivity contribution is 9.10. The fourth-order valence-corrected chi connectivity index (χ4v) is 22.7. The molecule has 772 valence electrons. The molecular weight excluding hydrogens is 2060 g/mol. The molecule has 2 saturated heterocycles. The van der Waals surface area contributed by atoms with E-state index in [0.29, 0.717) is 115 Å². The van der Waals surface area contributed by atoms with Gasteiger partial charge in [-0.05, 0) is 296 Å². The Bertz CT molecular complexity index is 7290. The van der Waals surface area contributed by atoms with E-state index in [1.807, 2.05) is 172 Å². The number of aromatic amines is 5. The topological polar surface area (TPSA) is 315 Å². The average Bonchev–Trinajstić information content (AvgIpc) is 1.63. The van der Waals surface area contributed by atoms with Crippen LogP contribution in [0.3, 0.4) is 0 Å². The Morgan fingerprint density at radius 1 is 0.507 bits per heavy atom. The lowest BCUT2D eigenvalue weighted by Gasteiger charge is -2.36. The minimum atomic E-state index is -0.404. The minimum Gasteiger partial charge on any atom is -0.450 e. The Balaban J connectivity index is 0.000000122. The third-order valence-corrected chi connectivity index (χ3v) is 31.1. The van der Waals surface area contributed by atoms with E-state index in [1.54, 1.807) is 58.3 Å². The minimum absolute atomic E-state index is 0.00971. The zero-order chi connectivity index (χ0) is 104. The SMILES string of the molecule is CC/C=C/CCC1c2[nH]c3ccc(Cl)cc3c2CCN1C(=O)OCC.CCOC(=O)N1CCc2c([nH]c3ccc(Cl)cc23)C1CC(C)SC.CCOC(=O)N1CCc2c([nH]c3ccc(Cl)cc23)C1c1ccc(C(=O)N2COCC2(C)C)cc1.CNc1ncc(C2c3[nH]c4ccc(Br)cc4c3CCN2c2ncccn2)cn1.O=C(Oc1ccc(Cl)cc1)N1CCc2c([nH]c3ccc(Cl)cc23)C1c1ccc(NC2CCOCC2)cc1. The van der Waals surface area contributed by atoms with Crippen molar-refractivity contribution in [2.45, 2.75) is 166 Å². The molecule has 6 unspecified atom stereocenters. The van der Waals surface area contributed by atoms with Crippen LogP contribution in [-0.2, 0) is 55.8 Å². The average molecular weight is 2180 g/mol. The van der Waals surface area contributed by atoms with Crippen LogP contribution in [0.25, 0.3) is 54.5 Å². The van der Waals surface area contributed by atoms with E-state index in [9.17, 15) is 24.0 Å². The maximum atomic E-state index is 13.5. The summed E-state index contributed by atoms with van der Waals surface area (Å²) >= 11 is 36.4. The van der Waals surface area contributed by atoms with Crippen LogP contribution in [0.1, 0.15) is 201 Å². The predicted octanol–water partition coefficient (Wildman–Crippen LogP) is 26.7. The molecule has 28 nitrogen and oxygen atoms in total. The summed E-state index contributed by atoms with van der Waals surface area (Å²) < 4.78 is 33.8. The number of hydrogen-bond donors (Lipinski definition) is 7. The van der Waals surface area contributed by atoms with E-state index in [-0.39, 0.29) is 66.7 Å². The van der Waals surface area contributed by atoms with Crippen molar-refractivity contribution in [2.75, 3.05) is 108 Å². The third kappa shape index (κ3) is 23.3. The van der Waals surface area contributed by atoms with Gasteiger partial charge in [-0.15, -0.1) is 0 Å². The monoisotopic (exact) mass is 2180 g/mol. The van der Waals surface area contributed by atoms with Gasteiger partial charge in [-0.3, -0.25) is 24.4 Å². The smallest absolute Gasteiger partial charge is 0.416 e. The zero-order valence-electron chi connectivity index (χ0n) is 84.1. The van der Waals surface area contributed by atoms with Gasteiger partial charge in [0.25, 0.3) is 5.91 Å². The number of amides is 5. The number of nitrogens with one attached hydrogen (secondary N) is 7. The van der Waals surface area contributed by atoms with Crippen LogP contribution in [0.4, 0.5) is 36.8 Å². The number of H-pyrrole nitrogens is 5. The van der Waals surface area contributed by atoms with Crippen LogP contribution in [0.5, 0.6) is 5.75 Å². The second-order valence-corrected chi connectivity index (χ2v) is 42.5. The Kier molecular flexibility index (Phi) is 33.9. The van der Waals surface area contributed by atoms with Crippen LogP contribution < -0.4 is 20.3 Å². The number of fused-ring (bicyclic) bond motifs is 15. The number of anilines is 3. The van der Waals surface area contributed by atoms with Crippen LogP contribution >= 0.6 is 85.7 Å². The van der Waals surface area contributed by atoms with Gasteiger partial charge in [0.05, 0.1) is 44.1 Å². The first kappa shape index (κ1) is 105. The molecule has 35 heteroatoms. The van der Waals surface area contributed by atoms with Gasteiger partial charge in [0.15, 0.2) is 0 Å². The molecule has 0 saturated carbocycles. The number of halogens is 6. The molecule has 22 rings (SSSR count). The van der Waals surface area contributed by atoms with E-state index in [0.717, 1.165) is 187 Å². The van der Waals surface area contributed by atoms with Gasteiger partial charge >= 0.3 is 24.4 Å². The quantitative estimate of drug-likeness (QED) is 0.0292. The summed E-state index contributed by atoms with van der Waals surface area (Å²) in [7, 11) is 1.81. The number of carbonyl (C=O) groups is 5. The van der Waals surface area contributed by atoms with E-state index in [4.69, 9.17) is 86.4 Å². The van der Waals surface area contributed by atoms with Crippen molar-refractivity contribution < 1.29 is 52.4 Å². The molecule has 7 aliphatic heterocycles. The van der Waals surface area contributed by atoms with Gasteiger partial charge < -0.3 is 73.8 Å². The van der Waals surface area contributed by atoms with Gasteiger partial charge in [0.1, 0.15) is 30.6 Å². The number of aromatic nitrogens is 9. The normalized spacial score (nSPS) is 17.9. The first-order chi connectivity index (χ1) is 71.8. The molecular formula is C113H121BrCl5N17O11S. The van der Waals surface area contributed by atoms with Crippen LogP contribution in [0.15, 0.2) is 211 Å². The van der Waals surface area contributed by atoms with Crippen molar-refractivity contribution in [1.29, 1.82) is 0 Å². The maximum absolute atomic E-state index is 13.5. The second-order valence-electron chi connectivity index (χ2n) is 38.1. The largest absolute Gasteiger partial charge is 0.450 e. The third-order valence-electron chi connectivity index (χ3n) is 28.4. The summed E-state index contributed by atoms with van der Waals surface area (Å²) in [6.07, 6.45) is 22.2. The van der Waals surface area contributed by atoms with E-state index < -0.39 is 6.09 Å². The number of allylic oxidation sites excluding steroid dienone is 2. The molecule has 14 heterocycles. The summed E-state index contributed by atoms with van der Waals surface area (Å²) in [5, 5.41) is 16.2. The van der Waals surface area contributed by atoms with E-state index in [2.05, 4.69) is 151 Å². The highest BCUT2D eigenvalue weighted by atomic mass is 79.9. The number of nitrogens with zero attached hydrogens (tertiary/aromatic N) is 10. The predicted molar refractivity (Wildman–Crippen MR) is 593 cm³/mol. The van der Waals surface area contributed by atoms with Gasteiger partial charge in [-0.25, -0.2) is 39.1 Å². The molecule has 7 N–H and O–H groups in total. The standard InChI is InChI=1S/C29H27Cl2N3O3.C26H28ClN3O4.C20H18BrN7.C20H25ClN2O2.C18H23ClN2O2S/c30-19-3-8-23(9-4-19)37-29(35)34-14-11-24-25-17-20(31)5-10-26(25)33-27(24)28(34)18-1-6-21(7-2-18)32-22-12-15-36-16-13-22;1-4-34-25(32)29-12-11-19-20-13-18(27)9-10-21(20)28-22(19)23(29)16-5-7-17(8-6-16)24(31)30-15-33-14-26(30,2)3;1-22-19-25-10-12(11-26-19)18-17-14(15-9-13(21)3-4-16(15)27-17)5-8-28(18)20-23-6-2-7-24-20;1-3-5-6-7-8-18-19-15(11-12-23(18)20(24)25-4-2)16-13-14(21)9-10-17(16)22-19;1-4-23-18(22)21-8-7-13-14-10-12(19)5-6-15(14)20-17(13)16(21)9-11(2)24-3/h1-10,17,22,28,32-33H,11-16H2;5-10,13,23,28H,4,11-12,14-15H2,1-3H3;2-4,6-7,9-11,18,27H,5,8H2,1H3,(H,22,25,26);5-6,9-10,13,18,22H,3-4,7-8,11-12H2,1-2H3;5-6,10-11,16,20H,4,7-9H2,1-3H3/b;;;6-5+;. The second kappa shape index (κ2) is 47.6. The molecule has 8 aromatic carbocycles. The molecule has 7 aromatic heterocycles. The molecule has 2 fully saturated rings. The summed E-state index contributed by atoms with van der Waals surface area (Å²) in [5.41, 5.74) is 21.0. The number of carbonyl (C=O) groups excluding carboxylic acids is 5. The number of rotatable bonds is 19. The van der Waals surface area contributed by atoms with Gasteiger partial charge in [-0.2, -0.15) is 11.8 Å². The molecule has 0 radical (unpaired) electrons. The van der Waals surface area contributed by atoms with E-state index >= 15 is 0 Å². The van der Waals surface area contributed by atoms with Crippen molar-refractivity contribution in [3.8, 4) is 5.75 Å². The van der Waals surface area contributed by atoms with Gasteiger partial charge in [0, 0.05) is 218 Å². The Labute approximate surface area is 897 Å². The van der Waals surface area contributed by atoms with Crippen LogP contribution in [0, 0.1) is 0 Å². The van der Waals surface area contributed by atoms with Crippen molar-refractivity contribution in [1.82, 2.24) is 69.4 Å². The highest BCUT2D eigenvalue weighted by Crippen LogP contribution is 2.47. The highest BCUT2D eigenvalue weighted by Gasteiger charge is 2.43. The number of thioether (sulfide) groups is 1. The first-order valence-electron chi connectivity index (χ1n) is 50.5. The first-order valence-corrected chi connectivity index (χ1v) is 54.5. The molecule has 7 aliphatic rings. The molecule has 0 aliphatic carbocycles. The maximum Gasteiger partial charge on any atom is 0.416 e. The fraction of sp³-hybridized carbons (Fsp3) is 0.354. The summed E-state index contributed by atoms with van der Waals surface area (Å²) in [5.74, 6) is 1.69. The van der Waals surface area contributed by atoms with Crippen molar-refractivity contribution in [3.05, 3.63) is 315 Å². The number of hydrogen-bond acceptors (Lipinski definition) is 19. The van der Waals surface area contributed by atoms with Crippen LogP contribution in [-0.4, -0.2) is 209 Å². The molecule has 0 bridgehead atoms. The molecule has 15 aromatic rings. The number of benzene rings is 8. The Hall–Kier alpha value is -12.5. The van der Waals surface area contributed by atoms with E-state index in [1.165, 1.54) is 38.4 Å². The Morgan fingerprint density at radius 3 is 1.43 bits per heavy atom. The molecule has 5 amide bonds. The summed E-state index contributed by atoms with van der Waals surface area (Å²) in [4.78, 5) is 111. The van der Waals surface area contributed by atoms with Gasteiger partial charge in [0.2, 0.25) is 11.9 Å². The lowest BCUT2D eigenvalue weighted by molar-refractivity contribution is 0.0604. The fourth-order valence-electron chi connectivity index (χ4n) is 21.1. The summed E-state index contributed by atoms with van der Waals surface area (Å²) in [6, 6.07) is 54.0. The lowest BCUT2D eigenvalue weighted by atomic mass is 9.92. The van der Waals surface area contributed by atoms with Crippen molar-refractivity contribution >= 4 is 188 Å². The van der Waals surface area contributed by atoms with Crippen molar-refractivity contribution in [2.24, 2.45) is 0 Å². The van der Waals surface area contributed by atoms with Crippen molar-refractivity contribution in [3.63, 3.8) is 0 Å². The molecule has 148 heavy (non-hydrogen) atoms. The Morgan fingerprint density at radius 2 is 0.946 bits per heavy atom. The van der Waals surface area contributed by atoms with Crippen LogP contribution in [0.2, 0.25) is 25.1 Å². The lowest BCUT2D eigenvalue weighted by Crippen LogP contribution is -2.44. The van der Waals surface area contributed by atoms with Gasteiger partial charge in [-0.1, -0.05) is 124 Å².